The van der Waals surface area contributed by atoms with E-state index in [9.17, 15) is 0 Å². The van der Waals surface area contributed by atoms with Crippen molar-refractivity contribution in [2.45, 2.75) is 39.3 Å². The molecular formula is C8H16N2S. The Morgan fingerprint density at radius 3 is 3.00 bits per heavy atom. The van der Waals surface area contributed by atoms with E-state index in [1.54, 1.807) is 0 Å². The lowest BCUT2D eigenvalue weighted by molar-refractivity contribution is 0.644. The van der Waals surface area contributed by atoms with Gasteiger partial charge in [-0.05, 0) is 20.3 Å². The van der Waals surface area contributed by atoms with Crippen LogP contribution in [0.15, 0.2) is 4.99 Å². The third kappa shape index (κ3) is 2.73. The van der Waals surface area contributed by atoms with Crippen molar-refractivity contribution < 1.29 is 0 Å². The number of thioether (sulfide) groups is 1. The van der Waals surface area contributed by atoms with Crippen molar-refractivity contribution in [2.75, 3.05) is 5.75 Å². The van der Waals surface area contributed by atoms with E-state index < -0.39 is 0 Å². The summed E-state index contributed by atoms with van der Waals surface area (Å²) >= 11 is 1.83. The van der Waals surface area contributed by atoms with Crippen LogP contribution in [0.2, 0.25) is 0 Å². The Morgan fingerprint density at radius 1 is 1.82 bits per heavy atom. The standard InChI is InChI=1S/C8H16N2S/c1-4-6(2)9-8-10-7(3)5-11-8/h6-7H,4-5H2,1-3H3,(H,9,10). The SMILES string of the molecule is CCC(C)NC1=NC(C)CS1. The van der Waals surface area contributed by atoms with Crippen molar-refractivity contribution in [2.24, 2.45) is 4.99 Å². The van der Waals surface area contributed by atoms with Crippen molar-refractivity contribution in [3.05, 3.63) is 0 Å². The summed E-state index contributed by atoms with van der Waals surface area (Å²) in [7, 11) is 0. The third-order valence-electron chi connectivity index (χ3n) is 1.78. The van der Waals surface area contributed by atoms with E-state index in [1.165, 1.54) is 0 Å². The molecule has 2 nitrogen and oxygen atoms in total. The van der Waals surface area contributed by atoms with Crippen LogP contribution in [0, 0.1) is 0 Å². The molecular weight excluding hydrogens is 156 g/mol. The molecule has 1 aliphatic heterocycles. The van der Waals surface area contributed by atoms with Crippen LogP contribution in [0.1, 0.15) is 27.2 Å². The molecule has 0 saturated heterocycles. The van der Waals surface area contributed by atoms with Gasteiger partial charge < -0.3 is 5.32 Å². The molecule has 0 aromatic carbocycles. The van der Waals surface area contributed by atoms with Crippen molar-refractivity contribution in [3.8, 4) is 0 Å². The second kappa shape index (κ2) is 4.00. The van der Waals surface area contributed by atoms with Gasteiger partial charge in [0.15, 0.2) is 5.17 Å². The number of nitrogens with one attached hydrogen (secondary N) is 1. The molecule has 0 radical (unpaired) electrons. The van der Waals surface area contributed by atoms with E-state index in [4.69, 9.17) is 0 Å². The molecule has 64 valence electrons. The number of nitrogens with zero attached hydrogens (tertiary/aromatic N) is 1. The van der Waals surface area contributed by atoms with Gasteiger partial charge in [-0.25, -0.2) is 0 Å². The minimum absolute atomic E-state index is 0.506. The summed E-state index contributed by atoms with van der Waals surface area (Å²) in [4.78, 5) is 4.44. The first-order chi connectivity index (χ1) is 5.22. The lowest BCUT2D eigenvalue weighted by atomic mass is 10.3. The fraction of sp³-hybridized carbons (Fsp3) is 0.875. The monoisotopic (exact) mass is 172 g/mol. The van der Waals surface area contributed by atoms with Crippen LogP contribution >= 0.6 is 11.8 Å². The fourth-order valence-corrected chi connectivity index (χ4v) is 1.88. The zero-order valence-corrected chi connectivity index (χ0v) is 8.24. The van der Waals surface area contributed by atoms with Gasteiger partial charge in [-0.1, -0.05) is 18.7 Å². The molecule has 0 saturated carbocycles. The molecule has 0 spiro atoms. The Labute approximate surface area is 72.9 Å². The number of hydrogen-bond acceptors (Lipinski definition) is 3. The normalized spacial score (nSPS) is 26.5. The van der Waals surface area contributed by atoms with E-state index in [-0.39, 0.29) is 0 Å². The maximum Gasteiger partial charge on any atom is 0.157 e. The van der Waals surface area contributed by atoms with Crippen LogP contribution in [0.3, 0.4) is 0 Å². The lowest BCUT2D eigenvalue weighted by Crippen LogP contribution is -2.28. The first-order valence-electron chi connectivity index (χ1n) is 4.19. The predicted octanol–water partition coefficient (Wildman–Crippen LogP) is 1.87. The van der Waals surface area contributed by atoms with E-state index in [2.05, 4.69) is 31.1 Å². The summed E-state index contributed by atoms with van der Waals surface area (Å²) in [5.74, 6) is 1.14. The predicted molar refractivity (Wildman–Crippen MR) is 52.2 cm³/mol. The van der Waals surface area contributed by atoms with Crippen molar-refractivity contribution in [3.63, 3.8) is 0 Å². The molecule has 2 atom stereocenters. The molecule has 1 rings (SSSR count). The maximum atomic E-state index is 4.44. The fourth-order valence-electron chi connectivity index (χ4n) is 0.866. The van der Waals surface area contributed by atoms with E-state index in [1.807, 2.05) is 11.8 Å². The largest absolute Gasteiger partial charge is 0.362 e. The summed E-state index contributed by atoms with van der Waals surface area (Å²) in [6.45, 7) is 6.52. The molecule has 0 amide bonds. The lowest BCUT2D eigenvalue weighted by Gasteiger charge is -2.10. The highest BCUT2D eigenvalue weighted by molar-refractivity contribution is 8.14. The first kappa shape index (κ1) is 8.91. The minimum Gasteiger partial charge on any atom is -0.362 e. The maximum absolute atomic E-state index is 4.44. The van der Waals surface area contributed by atoms with Gasteiger partial charge in [-0.2, -0.15) is 0 Å². The molecule has 0 aromatic rings. The summed E-state index contributed by atoms with van der Waals surface area (Å²) in [6, 6.07) is 1.07. The molecule has 1 heterocycles. The molecule has 0 aliphatic carbocycles. The van der Waals surface area contributed by atoms with Gasteiger partial charge in [0, 0.05) is 11.8 Å². The number of amidine groups is 1. The zero-order chi connectivity index (χ0) is 8.27. The average Bonchev–Trinajstić information content (AvgIpc) is 2.35. The topological polar surface area (TPSA) is 24.4 Å². The Balaban J connectivity index is 2.32. The average molecular weight is 172 g/mol. The summed E-state index contributed by atoms with van der Waals surface area (Å²) in [5, 5.41) is 4.50. The molecule has 3 heteroatoms. The van der Waals surface area contributed by atoms with Gasteiger partial charge in [-0.3, -0.25) is 4.99 Å². The van der Waals surface area contributed by atoms with Gasteiger partial charge >= 0.3 is 0 Å². The van der Waals surface area contributed by atoms with Crippen molar-refractivity contribution in [1.82, 2.24) is 5.32 Å². The Kier molecular flexibility index (Phi) is 3.24. The third-order valence-corrected chi connectivity index (χ3v) is 2.93. The number of aliphatic imine (C=N–C) groups is 1. The van der Waals surface area contributed by atoms with Crippen LogP contribution in [-0.4, -0.2) is 23.0 Å². The van der Waals surface area contributed by atoms with Crippen LogP contribution < -0.4 is 5.32 Å². The highest BCUT2D eigenvalue weighted by Crippen LogP contribution is 2.16. The van der Waals surface area contributed by atoms with Crippen LogP contribution in [0.4, 0.5) is 0 Å². The van der Waals surface area contributed by atoms with E-state index in [0.717, 1.165) is 17.3 Å². The second-order valence-corrected chi connectivity index (χ2v) is 4.06. The summed E-state index contributed by atoms with van der Waals surface area (Å²) < 4.78 is 0. The molecule has 1 aliphatic rings. The quantitative estimate of drug-likeness (QED) is 0.687. The first-order valence-corrected chi connectivity index (χ1v) is 5.18. The van der Waals surface area contributed by atoms with E-state index in [0.29, 0.717) is 12.1 Å². The number of hydrogen-bond donors (Lipinski definition) is 1. The van der Waals surface area contributed by atoms with Gasteiger partial charge in [0.05, 0.1) is 6.04 Å². The Bertz CT molecular complexity index is 156. The highest BCUT2D eigenvalue weighted by atomic mass is 32.2. The zero-order valence-electron chi connectivity index (χ0n) is 7.42. The minimum atomic E-state index is 0.506. The van der Waals surface area contributed by atoms with Gasteiger partial charge in [0.25, 0.3) is 0 Å². The summed E-state index contributed by atoms with van der Waals surface area (Å²) in [5.41, 5.74) is 0. The molecule has 0 fully saturated rings. The van der Waals surface area contributed by atoms with Gasteiger partial charge in [-0.15, -0.1) is 0 Å². The number of rotatable bonds is 2. The van der Waals surface area contributed by atoms with Crippen LogP contribution in [0.5, 0.6) is 0 Å². The van der Waals surface area contributed by atoms with Crippen molar-refractivity contribution in [1.29, 1.82) is 0 Å². The van der Waals surface area contributed by atoms with Crippen LogP contribution in [-0.2, 0) is 0 Å². The Hall–Kier alpha value is -0.180. The van der Waals surface area contributed by atoms with Crippen molar-refractivity contribution >= 4 is 16.9 Å². The molecule has 0 aromatic heterocycles. The molecule has 0 bridgehead atoms. The smallest absolute Gasteiger partial charge is 0.157 e. The molecule has 2 unspecified atom stereocenters. The Morgan fingerprint density at radius 2 is 2.55 bits per heavy atom. The van der Waals surface area contributed by atoms with Gasteiger partial charge in [0.2, 0.25) is 0 Å². The van der Waals surface area contributed by atoms with Gasteiger partial charge in [0.1, 0.15) is 0 Å². The summed E-state index contributed by atoms with van der Waals surface area (Å²) in [6.07, 6.45) is 1.16. The van der Waals surface area contributed by atoms with E-state index >= 15 is 0 Å². The molecule has 11 heavy (non-hydrogen) atoms. The second-order valence-electron chi connectivity index (χ2n) is 3.05. The molecule has 1 N–H and O–H groups in total. The highest BCUT2D eigenvalue weighted by Gasteiger charge is 2.14. The van der Waals surface area contributed by atoms with Crippen LogP contribution in [0.25, 0.3) is 0 Å².